The number of rotatable bonds is 8. The molecule has 0 spiro atoms. The first-order valence-corrected chi connectivity index (χ1v) is 9.16. The Balaban J connectivity index is 2.23. The Bertz CT molecular complexity index is 899. The summed E-state index contributed by atoms with van der Waals surface area (Å²) in [6, 6.07) is 5.04. The summed E-state index contributed by atoms with van der Waals surface area (Å²) in [5.41, 5.74) is 1.99. The first-order valence-electron chi connectivity index (χ1n) is 9.16. The summed E-state index contributed by atoms with van der Waals surface area (Å²) in [4.78, 5) is 12.2. The second-order valence-electron chi connectivity index (χ2n) is 7.04. The number of fused-ring (bicyclic) bond motifs is 1. The third-order valence-corrected chi connectivity index (χ3v) is 3.94. The van der Waals surface area contributed by atoms with Crippen LogP contribution in [-0.2, 0) is 0 Å². The molecule has 1 aromatic heterocycles. The lowest BCUT2D eigenvalue weighted by molar-refractivity contribution is 0.244. The second kappa shape index (κ2) is 9.31. The zero-order valence-electron chi connectivity index (χ0n) is 16.7. The molecule has 5 nitrogen and oxygen atoms in total. The van der Waals surface area contributed by atoms with E-state index in [0.29, 0.717) is 11.1 Å². The molecule has 1 heterocycles. The van der Waals surface area contributed by atoms with Crippen LogP contribution in [-0.4, -0.2) is 17.8 Å². The minimum Gasteiger partial charge on any atom is -0.503 e. The van der Waals surface area contributed by atoms with Crippen LogP contribution in [0.3, 0.4) is 0 Å². The molecule has 0 fully saturated rings. The quantitative estimate of drug-likeness (QED) is 0.499. The summed E-state index contributed by atoms with van der Waals surface area (Å²) >= 11 is 0. The van der Waals surface area contributed by atoms with Crippen LogP contribution in [0.5, 0.6) is 17.2 Å². The Hall–Kier alpha value is -2.69. The van der Waals surface area contributed by atoms with E-state index in [1.807, 2.05) is 26.8 Å². The van der Waals surface area contributed by atoms with E-state index in [1.54, 1.807) is 18.2 Å². The minimum absolute atomic E-state index is 0.0855. The van der Waals surface area contributed by atoms with Gasteiger partial charge in [0.05, 0.1) is 6.10 Å². The molecule has 0 aliphatic carbocycles. The Kier molecular flexibility index (Phi) is 7.11. The zero-order valence-corrected chi connectivity index (χ0v) is 16.7. The maximum absolute atomic E-state index is 12.2. The van der Waals surface area contributed by atoms with Gasteiger partial charge in [0.2, 0.25) is 5.75 Å². The SMILES string of the molecule is CC(C)=CCC/C(C)=C/COc1c(O)c2c(OC(C)C)cccc2oc1=O. The Morgan fingerprint density at radius 2 is 1.96 bits per heavy atom. The van der Waals surface area contributed by atoms with Gasteiger partial charge >= 0.3 is 5.63 Å². The van der Waals surface area contributed by atoms with Crippen LogP contribution in [0.25, 0.3) is 11.0 Å². The fourth-order valence-electron chi connectivity index (χ4n) is 2.62. The van der Waals surface area contributed by atoms with Crippen molar-refractivity contribution in [3.05, 3.63) is 51.9 Å². The van der Waals surface area contributed by atoms with Gasteiger partial charge in [-0.3, -0.25) is 0 Å². The highest BCUT2D eigenvalue weighted by Crippen LogP contribution is 2.38. The number of benzene rings is 1. The van der Waals surface area contributed by atoms with Gasteiger partial charge in [-0.2, -0.15) is 0 Å². The average molecular weight is 372 g/mol. The zero-order chi connectivity index (χ0) is 20.0. The van der Waals surface area contributed by atoms with E-state index in [0.717, 1.165) is 18.4 Å². The molecule has 0 amide bonds. The molecule has 0 saturated heterocycles. The number of ether oxygens (including phenoxy) is 2. The largest absolute Gasteiger partial charge is 0.503 e. The van der Waals surface area contributed by atoms with Gasteiger partial charge in [-0.25, -0.2) is 4.79 Å². The lowest BCUT2D eigenvalue weighted by Gasteiger charge is -2.14. The van der Waals surface area contributed by atoms with Gasteiger partial charge in [0.25, 0.3) is 0 Å². The molecule has 1 N–H and O–H groups in total. The summed E-state index contributed by atoms with van der Waals surface area (Å²) in [5.74, 6) is -0.00852. The molecule has 0 bridgehead atoms. The van der Waals surface area contributed by atoms with Crippen LogP contribution in [0.4, 0.5) is 0 Å². The highest BCUT2D eigenvalue weighted by Gasteiger charge is 2.19. The Labute approximate surface area is 159 Å². The summed E-state index contributed by atoms with van der Waals surface area (Å²) in [6.07, 6.45) is 5.87. The normalized spacial score (nSPS) is 11.7. The topological polar surface area (TPSA) is 68.9 Å². The van der Waals surface area contributed by atoms with Crippen molar-refractivity contribution in [2.75, 3.05) is 6.61 Å². The number of allylic oxidation sites excluding steroid dienone is 3. The maximum Gasteiger partial charge on any atom is 0.383 e. The summed E-state index contributed by atoms with van der Waals surface area (Å²) in [5, 5.41) is 10.9. The molecule has 2 aromatic rings. The van der Waals surface area contributed by atoms with Gasteiger partial charge in [-0.15, -0.1) is 0 Å². The standard InChI is InChI=1S/C22H28O5/c1-14(2)8-6-9-16(5)12-13-25-21-20(23)19-17(26-15(3)4)10-7-11-18(19)27-22(21)24/h7-8,10-12,15,23H,6,9,13H2,1-5H3/b16-12+. The van der Waals surface area contributed by atoms with Crippen LogP contribution in [0, 0.1) is 0 Å². The van der Waals surface area contributed by atoms with Gasteiger partial charge < -0.3 is 19.0 Å². The van der Waals surface area contributed by atoms with Crippen molar-refractivity contribution in [1.29, 1.82) is 0 Å². The monoisotopic (exact) mass is 372 g/mol. The third-order valence-electron chi connectivity index (χ3n) is 3.94. The smallest absolute Gasteiger partial charge is 0.383 e. The molecule has 1 aromatic carbocycles. The molecule has 146 valence electrons. The number of aromatic hydroxyl groups is 1. The van der Waals surface area contributed by atoms with E-state index in [9.17, 15) is 9.90 Å². The van der Waals surface area contributed by atoms with E-state index in [-0.39, 0.29) is 29.8 Å². The van der Waals surface area contributed by atoms with Gasteiger partial charge in [0.1, 0.15) is 23.3 Å². The van der Waals surface area contributed by atoms with E-state index < -0.39 is 5.63 Å². The molecular weight excluding hydrogens is 344 g/mol. The van der Waals surface area contributed by atoms with E-state index >= 15 is 0 Å². The van der Waals surface area contributed by atoms with Crippen molar-refractivity contribution >= 4 is 11.0 Å². The molecular formula is C22H28O5. The summed E-state index contributed by atoms with van der Waals surface area (Å²) in [7, 11) is 0. The van der Waals surface area contributed by atoms with Crippen LogP contribution in [0.2, 0.25) is 0 Å². The van der Waals surface area contributed by atoms with Crippen molar-refractivity contribution in [3.8, 4) is 17.2 Å². The average Bonchev–Trinajstić information content (AvgIpc) is 2.56. The van der Waals surface area contributed by atoms with Crippen molar-refractivity contribution < 1.29 is 19.0 Å². The molecule has 27 heavy (non-hydrogen) atoms. The fraction of sp³-hybridized carbons (Fsp3) is 0.409. The van der Waals surface area contributed by atoms with Gasteiger partial charge in [0.15, 0.2) is 5.75 Å². The Morgan fingerprint density at radius 1 is 1.22 bits per heavy atom. The van der Waals surface area contributed by atoms with E-state index in [4.69, 9.17) is 13.9 Å². The van der Waals surface area contributed by atoms with Gasteiger partial charge in [0, 0.05) is 0 Å². The lowest BCUT2D eigenvalue weighted by atomic mass is 10.1. The predicted molar refractivity (Wildman–Crippen MR) is 108 cm³/mol. The molecule has 0 aliphatic heterocycles. The fourth-order valence-corrected chi connectivity index (χ4v) is 2.62. The Morgan fingerprint density at radius 3 is 2.63 bits per heavy atom. The van der Waals surface area contributed by atoms with E-state index in [2.05, 4.69) is 19.9 Å². The van der Waals surface area contributed by atoms with E-state index in [1.165, 1.54) is 5.57 Å². The molecule has 5 heteroatoms. The van der Waals surface area contributed by atoms with Gasteiger partial charge in [-0.1, -0.05) is 23.3 Å². The van der Waals surface area contributed by atoms with Crippen LogP contribution >= 0.6 is 0 Å². The van der Waals surface area contributed by atoms with Crippen LogP contribution in [0.1, 0.15) is 47.5 Å². The minimum atomic E-state index is -0.711. The lowest BCUT2D eigenvalue weighted by Crippen LogP contribution is -2.09. The van der Waals surface area contributed by atoms with Crippen LogP contribution < -0.4 is 15.1 Å². The molecule has 2 rings (SSSR count). The first-order chi connectivity index (χ1) is 12.8. The molecule has 0 saturated carbocycles. The summed E-state index contributed by atoms with van der Waals surface area (Å²) in [6.45, 7) is 10.1. The molecule has 0 atom stereocenters. The molecule has 0 unspecified atom stereocenters. The predicted octanol–water partition coefficient (Wildman–Crippen LogP) is 5.36. The highest BCUT2D eigenvalue weighted by atomic mass is 16.5. The van der Waals surface area contributed by atoms with Crippen molar-refractivity contribution in [3.63, 3.8) is 0 Å². The highest BCUT2D eigenvalue weighted by molar-refractivity contribution is 5.91. The number of hydrogen-bond acceptors (Lipinski definition) is 5. The van der Waals surface area contributed by atoms with Crippen molar-refractivity contribution in [1.82, 2.24) is 0 Å². The number of hydrogen-bond donors (Lipinski definition) is 1. The van der Waals surface area contributed by atoms with Crippen molar-refractivity contribution in [2.45, 2.75) is 53.6 Å². The summed E-state index contributed by atoms with van der Waals surface area (Å²) < 4.78 is 16.5. The second-order valence-corrected chi connectivity index (χ2v) is 7.04. The maximum atomic E-state index is 12.2. The van der Waals surface area contributed by atoms with Gasteiger partial charge in [-0.05, 0) is 65.7 Å². The molecule has 0 aliphatic rings. The molecule has 0 radical (unpaired) electrons. The van der Waals surface area contributed by atoms with Crippen LogP contribution in [0.15, 0.2) is 50.7 Å². The van der Waals surface area contributed by atoms with Crippen molar-refractivity contribution in [2.24, 2.45) is 0 Å². The third kappa shape index (κ3) is 5.64. The first kappa shape index (κ1) is 20.6.